The molecular weight excluding hydrogens is 413 g/mol. The number of hydrogen-bond donors (Lipinski definition) is 2. The number of nitrogens with zero attached hydrogens (tertiary/aromatic N) is 5. The number of rotatable bonds is 8. The Bertz CT molecular complexity index is 880. The van der Waals surface area contributed by atoms with Crippen molar-refractivity contribution in [3.05, 3.63) is 35.5 Å². The maximum absolute atomic E-state index is 13.4. The fourth-order valence-corrected chi connectivity index (χ4v) is 5.64. The maximum Gasteiger partial charge on any atom is 0.216 e. The van der Waals surface area contributed by atoms with Crippen molar-refractivity contribution in [2.24, 2.45) is 4.99 Å². The van der Waals surface area contributed by atoms with Gasteiger partial charge in [0.05, 0.1) is 5.69 Å². The Labute approximate surface area is 165 Å². The Hall–Kier alpha value is -1.85. The van der Waals surface area contributed by atoms with Gasteiger partial charge in [0.15, 0.2) is 28.2 Å². The van der Waals surface area contributed by atoms with E-state index in [0.29, 0.717) is 16.9 Å². The van der Waals surface area contributed by atoms with Gasteiger partial charge in [-0.05, 0) is 50.6 Å². The smallest absolute Gasteiger partial charge is 0.216 e. The highest BCUT2D eigenvalue weighted by atomic mass is 32.2. The summed E-state index contributed by atoms with van der Waals surface area (Å²) in [7, 11) is 4.29. The van der Waals surface area contributed by atoms with Crippen molar-refractivity contribution in [1.29, 1.82) is 0 Å². The summed E-state index contributed by atoms with van der Waals surface area (Å²) in [6.07, 6.45) is 0.367. The fraction of sp³-hybridized carbons (Fsp3) is 0.400. The third kappa shape index (κ3) is 5.15. The van der Waals surface area contributed by atoms with Crippen LogP contribution in [0.15, 0.2) is 32.8 Å². The van der Waals surface area contributed by atoms with Crippen molar-refractivity contribution < 1.29 is 23.2 Å². The molecule has 2 rings (SSSR count). The van der Waals surface area contributed by atoms with Crippen LogP contribution in [0.1, 0.15) is 5.69 Å². The average Bonchev–Trinajstić information content (AvgIpc) is 3.10. The Morgan fingerprint density at radius 2 is 1.93 bits per heavy atom. The molecular formula is C15H21F2N6O3PS. The van der Waals surface area contributed by atoms with Crippen molar-refractivity contribution in [2.45, 2.75) is 5.03 Å². The van der Waals surface area contributed by atoms with Gasteiger partial charge in [0, 0.05) is 18.0 Å². The quantitative estimate of drug-likeness (QED) is 0.213. The second-order valence-corrected chi connectivity index (χ2v) is 10.5. The van der Waals surface area contributed by atoms with Gasteiger partial charge in [-0.25, -0.2) is 27.7 Å². The molecule has 0 unspecified atom stereocenters. The Balaban J connectivity index is 2.18. The summed E-state index contributed by atoms with van der Waals surface area (Å²) < 4.78 is 47.4. The Morgan fingerprint density at radius 3 is 2.50 bits per heavy atom. The first-order valence-corrected chi connectivity index (χ1v) is 10.8. The molecule has 28 heavy (non-hydrogen) atoms. The molecule has 1 aromatic carbocycles. The monoisotopic (exact) mass is 434 g/mol. The molecule has 0 amide bonds. The standard InChI is InChI=1S/C15H21F2N6O3PS/c1-22(2)27(25,23(3)4)7-8-28-15-13(20-26-21-15)14(19-24)18-10-5-6-11(16)12(17)9-10/h5-6,9,24H,7-8H2,1-4H3,(H,18,19). The van der Waals surface area contributed by atoms with Crippen LogP contribution in [0.5, 0.6) is 0 Å². The lowest BCUT2D eigenvalue weighted by atomic mass is 10.3. The van der Waals surface area contributed by atoms with Crippen LogP contribution < -0.4 is 5.48 Å². The van der Waals surface area contributed by atoms with E-state index in [1.807, 2.05) is 5.48 Å². The summed E-state index contributed by atoms with van der Waals surface area (Å²) in [4.78, 5) is 4.00. The average molecular weight is 434 g/mol. The van der Waals surface area contributed by atoms with E-state index < -0.39 is 19.1 Å². The van der Waals surface area contributed by atoms with Gasteiger partial charge in [0.1, 0.15) is 0 Å². The SMILES string of the molecule is CN(C)P(=O)(CCSc1nonc1C(=Nc1ccc(F)c(F)c1)NO)N(C)C. The lowest BCUT2D eigenvalue weighted by molar-refractivity contribution is 0.234. The molecule has 2 aromatic rings. The predicted octanol–water partition coefficient (Wildman–Crippen LogP) is 2.81. The van der Waals surface area contributed by atoms with Gasteiger partial charge in [-0.2, -0.15) is 0 Å². The number of nitrogens with one attached hydrogen (secondary N) is 1. The van der Waals surface area contributed by atoms with Crippen LogP contribution in [0.3, 0.4) is 0 Å². The summed E-state index contributed by atoms with van der Waals surface area (Å²) in [5.41, 5.74) is 2.00. The van der Waals surface area contributed by atoms with E-state index in [1.165, 1.54) is 17.8 Å². The molecule has 1 heterocycles. The highest BCUT2D eigenvalue weighted by Gasteiger charge is 2.28. The summed E-state index contributed by atoms with van der Waals surface area (Å²) in [5, 5.41) is 17.1. The maximum atomic E-state index is 13.4. The number of aromatic nitrogens is 2. The molecule has 0 aliphatic carbocycles. The number of benzene rings is 1. The molecule has 0 spiro atoms. The molecule has 0 fully saturated rings. The Morgan fingerprint density at radius 1 is 1.25 bits per heavy atom. The van der Waals surface area contributed by atoms with Crippen LogP contribution in [0, 0.1) is 11.6 Å². The molecule has 0 aliphatic heterocycles. The molecule has 0 radical (unpaired) electrons. The van der Waals surface area contributed by atoms with E-state index in [-0.39, 0.29) is 17.2 Å². The minimum atomic E-state index is -2.70. The van der Waals surface area contributed by atoms with Crippen LogP contribution in [-0.4, -0.2) is 70.8 Å². The highest BCUT2D eigenvalue weighted by Crippen LogP contribution is 2.49. The van der Waals surface area contributed by atoms with Crippen molar-refractivity contribution in [3.8, 4) is 0 Å². The molecule has 0 aliphatic rings. The van der Waals surface area contributed by atoms with Crippen molar-refractivity contribution >= 4 is 30.7 Å². The lowest BCUT2D eigenvalue weighted by Gasteiger charge is -2.30. The Kier molecular flexibility index (Phi) is 7.67. The minimum absolute atomic E-state index is 0.0547. The molecule has 0 saturated heterocycles. The van der Waals surface area contributed by atoms with E-state index in [2.05, 4.69) is 15.3 Å². The highest BCUT2D eigenvalue weighted by molar-refractivity contribution is 7.99. The van der Waals surface area contributed by atoms with Crippen LogP contribution in [0.4, 0.5) is 14.5 Å². The zero-order valence-corrected chi connectivity index (χ0v) is 17.5. The number of amidine groups is 1. The van der Waals surface area contributed by atoms with Gasteiger partial charge >= 0.3 is 0 Å². The van der Waals surface area contributed by atoms with Crippen molar-refractivity contribution in [3.63, 3.8) is 0 Å². The summed E-state index contributed by atoms with van der Waals surface area (Å²) in [5.74, 6) is -1.81. The number of hydrogen-bond acceptors (Lipinski definition) is 7. The number of hydroxylamine groups is 1. The van der Waals surface area contributed by atoms with Crippen LogP contribution >= 0.6 is 19.2 Å². The van der Waals surface area contributed by atoms with Gasteiger partial charge in [-0.15, -0.1) is 0 Å². The molecule has 13 heteroatoms. The molecule has 0 saturated carbocycles. The van der Waals surface area contributed by atoms with Crippen molar-refractivity contribution in [2.75, 3.05) is 40.1 Å². The number of thioether (sulfide) groups is 1. The van der Waals surface area contributed by atoms with E-state index in [1.54, 1.807) is 37.5 Å². The first-order chi connectivity index (χ1) is 13.2. The van der Waals surface area contributed by atoms with Gasteiger partial charge in [0.25, 0.3) is 0 Å². The summed E-state index contributed by atoms with van der Waals surface area (Å²) in [6, 6.07) is 3.03. The lowest BCUT2D eigenvalue weighted by Crippen LogP contribution is -2.24. The summed E-state index contributed by atoms with van der Waals surface area (Å²) in [6.45, 7) is 0. The second-order valence-electron chi connectivity index (χ2n) is 6.02. The third-order valence-electron chi connectivity index (χ3n) is 3.80. The van der Waals surface area contributed by atoms with E-state index in [9.17, 15) is 18.6 Å². The van der Waals surface area contributed by atoms with E-state index >= 15 is 0 Å². The molecule has 2 N–H and O–H groups in total. The third-order valence-corrected chi connectivity index (χ3v) is 8.36. The molecule has 0 atom stereocenters. The van der Waals surface area contributed by atoms with Gasteiger partial charge in [0.2, 0.25) is 7.44 Å². The fourth-order valence-electron chi connectivity index (χ4n) is 2.25. The van der Waals surface area contributed by atoms with Gasteiger partial charge in [-0.3, -0.25) is 15.3 Å². The number of aliphatic imine (C=N–C) groups is 1. The van der Waals surface area contributed by atoms with Crippen molar-refractivity contribution in [1.82, 2.24) is 25.1 Å². The molecule has 1 aromatic heterocycles. The van der Waals surface area contributed by atoms with E-state index in [4.69, 9.17) is 4.63 Å². The molecule has 0 bridgehead atoms. The predicted molar refractivity (Wildman–Crippen MR) is 102 cm³/mol. The normalized spacial score (nSPS) is 12.8. The second kappa shape index (κ2) is 9.57. The zero-order valence-electron chi connectivity index (χ0n) is 15.8. The van der Waals surface area contributed by atoms with Crippen LogP contribution in [0.2, 0.25) is 0 Å². The number of halogens is 2. The summed E-state index contributed by atoms with van der Waals surface area (Å²) >= 11 is 1.22. The van der Waals surface area contributed by atoms with Gasteiger partial charge < -0.3 is 0 Å². The largest absolute Gasteiger partial charge is 0.290 e. The first kappa shape index (κ1) is 22.4. The zero-order chi connectivity index (χ0) is 20.9. The van der Waals surface area contributed by atoms with Crippen LogP contribution in [-0.2, 0) is 4.57 Å². The van der Waals surface area contributed by atoms with Gasteiger partial charge in [-0.1, -0.05) is 11.8 Å². The molecule has 154 valence electrons. The minimum Gasteiger partial charge on any atom is -0.290 e. The van der Waals surface area contributed by atoms with E-state index in [0.717, 1.165) is 12.1 Å². The first-order valence-electron chi connectivity index (χ1n) is 8.03. The topological polar surface area (TPSA) is 107 Å². The van der Waals surface area contributed by atoms with Crippen LogP contribution in [0.25, 0.3) is 0 Å². The molecule has 9 nitrogen and oxygen atoms in total.